The summed E-state index contributed by atoms with van der Waals surface area (Å²) >= 11 is 0. The Morgan fingerprint density at radius 3 is 2.04 bits per heavy atom. The summed E-state index contributed by atoms with van der Waals surface area (Å²) in [6.07, 6.45) is 7.78. The van der Waals surface area contributed by atoms with E-state index in [0.29, 0.717) is 37.0 Å². The summed E-state index contributed by atoms with van der Waals surface area (Å²) in [6.45, 7) is 1.80. The number of rotatable bonds is 7. The van der Waals surface area contributed by atoms with Gasteiger partial charge in [0.1, 0.15) is 11.8 Å². The van der Waals surface area contributed by atoms with Crippen LogP contribution in [0.2, 0.25) is 0 Å². The lowest BCUT2D eigenvalue weighted by molar-refractivity contribution is -0.148. The van der Waals surface area contributed by atoms with Crippen molar-refractivity contribution in [2.75, 3.05) is 0 Å². The highest BCUT2D eigenvalue weighted by molar-refractivity contribution is 5.90. The van der Waals surface area contributed by atoms with E-state index < -0.39 is 11.9 Å². The van der Waals surface area contributed by atoms with Crippen molar-refractivity contribution in [3.05, 3.63) is 0 Å². The first-order valence-electron chi connectivity index (χ1n) is 9.04. The van der Waals surface area contributed by atoms with Crippen LogP contribution in [-0.4, -0.2) is 23.6 Å². The molecule has 5 nitrogen and oxygen atoms in total. The SMILES string of the molecule is CCC(=O)CC[C@@H](NC(=O)C12CC3CC(CC(C3)C1)C2)C(N)=O. The second-order valence-corrected chi connectivity index (χ2v) is 8.06. The maximum Gasteiger partial charge on any atom is 0.240 e. The monoisotopic (exact) mass is 320 g/mol. The molecule has 5 heteroatoms. The van der Waals surface area contributed by atoms with Crippen molar-refractivity contribution in [3.63, 3.8) is 0 Å². The van der Waals surface area contributed by atoms with Crippen molar-refractivity contribution in [1.29, 1.82) is 0 Å². The predicted octanol–water partition coefficient (Wildman–Crippen LogP) is 1.93. The van der Waals surface area contributed by atoms with Gasteiger partial charge in [-0.1, -0.05) is 6.92 Å². The molecular formula is C18H28N2O3. The molecule has 0 heterocycles. The van der Waals surface area contributed by atoms with Crippen molar-refractivity contribution in [3.8, 4) is 0 Å². The topological polar surface area (TPSA) is 89.3 Å². The Kier molecular flexibility index (Phi) is 4.47. The fraction of sp³-hybridized carbons (Fsp3) is 0.833. The van der Waals surface area contributed by atoms with E-state index in [1.807, 2.05) is 0 Å². The number of carbonyl (C=O) groups excluding carboxylic acids is 3. The second-order valence-electron chi connectivity index (χ2n) is 8.06. The van der Waals surface area contributed by atoms with Crippen LogP contribution in [0.4, 0.5) is 0 Å². The van der Waals surface area contributed by atoms with E-state index in [9.17, 15) is 14.4 Å². The lowest BCUT2D eigenvalue weighted by Gasteiger charge is -2.55. The third-order valence-corrected chi connectivity index (χ3v) is 6.27. The van der Waals surface area contributed by atoms with Crippen LogP contribution in [0.25, 0.3) is 0 Å². The number of nitrogens with two attached hydrogens (primary N) is 1. The lowest BCUT2D eigenvalue weighted by atomic mass is 9.49. The molecular weight excluding hydrogens is 292 g/mol. The predicted molar refractivity (Wildman–Crippen MR) is 86.3 cm³/mol. The number of hydrogen-bond acceptors (Lipinski definition) is 3. The van der Waals surface area contributed by atoms with E-state index in [0.717, 1.165) is 19.3 Å². The molecule has 4 saturated carbocycles. The Balaban J connectivity index is 1.65. The van der Waals surface area contributed by atoms with Crippen molar-refractivity contribution in [1.82, 2.24) is 5.32 Å². The number of primary amides is 1. The van der Waals surface area contributed by atoms with Crippen molar-refractivity contribution >= 4 is 17.6 Å². The van der Waals surface area contributed by atoms with Gasteiger partial charge in [0.25, 0.3) is 0 Å². The summed E-state index contributed by atoms with van der Waals surface area (Å²) in [4.78, 5) is 36.1. The number of Topliss-reactive ketones (excluding diaryl/α,β-unsaturated/α-hetero) is 1. The molecule has 4 bridgehead atoms. The van der Waals surface area contributed by atoms with E-state index in [2.05, 4.69) is 5.32 Å². The Hall–Kier alpha value is -1.39. The fourth-order valence-electron chi connectivity index (χ4n) is 5.47. The largest absolute Gasteiger partial charge is 0.368 e. The minimum atomic E-state index is -0.717. The molecule has 4 rings (SSSR count). The van der Waals surface area contributed by atoms with Gasteiger partial charge in [0, 0.05) is 18.3 Å². The van der Waals surface area contributed by atoms with Crippen molar-refractivity contribution in [2.45, 2.75) is 70.8 Å². The average molecular weight is 320 g/mol. The molecule has 0 spiro atoms. The summed E-state index contributed by atoms with van der Waals surface area (Å²) < 4.78 is 0. The summed E-state index contributed by atoms with van der Waals surface area (Å²) in [6, 6.07) is -0.717. The molecule has 128 valence electrons. The normalized spacial score (nSPS) is 35.8. The average Bonchev–Trinajstić information content (AvgIpc) is 2.49. The molecule has 0 unspecified atom stereocenters. The van der Waals surface area contributed by atoms with Gasteiger partial charge in [-0.3, -0.25) is 14.4 Å². The molecule has 0 aromatic heterocycles. The second kappa shape index (κ2) is 6.25. The number of ketones is 1. The summed E-state index contributed by atoms with van der Waals surface area (Å²) in [7, 11) is 0. The van der Waals surface area contributed by atoms with Crippen LogP contribution < -0.4 is 11.1 Å². The molecule has 23 heavy (non-hydrogen) atoms. The minimum Gasteiger partial charge on any atom is -0.368 e. The van der Waals surface area contributed by atoms with Crippen LogP contribution >= 0.6 is 0 Å². The molecule has 2 amide bonds. The van der Waals surface area contributed by atoms with Crippen LogP contribution in [0.1, 0.15) is 64.7 Å². The summed E-state index contributed by atoms with van der Waals surface area (Å²) in [5.74, 6) is 1.61. The number of amides is 2. The third-order valence-electron chi connectivity index (χ3n) is 6.27. The minimum absolute atomic E-state index is 0.00403. The van der Waals surface area contributed by atoms with Gasteiger partial charge in [-0.2, -0.15) is 0 Å². The number of nitrogens with one attached hydrogen (secondary N) is 1. The molecule has 0 aliphatic heterocycles. The molecule has 4 fully saturated rings. The molecule has 4 aliphatic rings. The van der Waals surface area contributed by atoms with Gasteiger partial charge in [0.05, 0.1) is 0 Å². The smallest absolute Gasteiger partial charge is 0.240 e. The molecule has 1 atom stereocenters. The molecule has 0 saturated heterocycles. The van der Waals surface area contributed by atoms with E-state index >= 15 is 0 Å². The molecule has 0 aromatic rings. The van der Waals surface area contributed by atoms with E-state index in [-0.39, 0.29) is 17.1 Å². The molecule has 4 aliphatic carbocycles. The van der Waals surface area contributed by atoms with Gasteiger partial charge >= 0.3 is 0 Å². The summed E-state index contributed by atoms with van der Waals surface area (Å²) in [5.41, 5.74) is 5.16. The zero-order chi connectivity index (χ0) is 16.6. The molecule has 0 radical (unpaired) electrons. The highest BCUT2D eigenvalue weighted by Gasteiger charge is 2.54. The lowest BCUT2D eigenvalue weighted by Crippen LogP contribution is -2.57. The molecule has 3 N–H and O–H groups in total. The number of carbonyl (C=O) groups is 3. The van der Waals surface area contributed by atoms with Gasteiger partial charge in [0.2, 0.25) is 11.8 Å². The van der Waals surface area contributed by atoms with E-state index in [4.69, 9.17) is 5.73 Å². The first-order valence-corrected chi connectivity index (χ1v) is 9.04. The summed E-state index contributed by atoms with van der Waals surface area (Å²) in [5, 5.41) is 2.89. The van der Waals surface area contributed by atoms with Crippen molar-refractivity contribution in [2.24, 2.45) is 28.9 Å². The van der Waals surface area contributed by atoms with Gasteiger partial charge in [-0.05, 0) is 62.7 Å². The van der Waals surface area contributed by atoms with Gasteiger partial charge in [-0.25, -0.2) is 0 Å². The first-order chi connectivity index (χ1) is 10.9. The Morgan fingerprint density at radius 1 is 1.09 bits per heavy atom. The first kappa shape index (κ1) is 16.5. The van der Waals surface area contributed by atoms with Gasteiger partial charge < -0.3 is 11.1 Å². The Bertz CT molecular complexity index is 479. The zero-order valence-electron chi connectivity index (χ0n) is 14.0. The molecule has 0 aromatic carbocycles. The standard InChI is InChI=1S/C18H28N2O3/c1-2-14(21)3-4-15(16(19)22)20-17(23)18-8-11-5-12(9-18)7-13(6-11)10-18/h11-13,15H,2-10H2,1H3,(H2,19,22)(H,20,23)/t11?,12?,13?,15-,18?/m1/s1. The fourth-order valence-corrected chi connectivity index (χ4v) is 5.47. The van der Waals surface area contributed by atoms with E-state index in [1.165, 1.54) is 19.3 Å². The van der Waals surface area contributed by atoms with Crippen LogP contribution in [0.5, 0.6) is 0 Å². The zero-order valence-corrected chi connectivity index (χ0v) is 14.0. The van der Waals surface area contributed by atoms with Gasteiger partial charge in [-0.15, -0.1) is 0 Å². The van der Waals surface area contributed by atoms with Crippen LogP contribution in [0.15, 0.2) is 0 Å². The van der Waals surface area contributed by atoms with Crippen molar-refractivity contribution < 1.29 is 14.4 Å². The Labute approximate surface area is 137 Å². The maximum absolute atomic E-state index is 12.9. The Morgan fingerprint density at radius 2 is 1.61 bits per heavy atom. The van der Waals surface area contributed by atoms with Crippen LogP contribution in [0.3, 0.4) is 0 Å². The maximum atomic E-state index is 12.9. The van der Waals surface area contributed by atoms with Gasteiger partial charge in [0.15, 0.2) is 0 Å². The van der Waals surface area contributed by atoms with Crippen LogP contribution in [-0.2, 0) is 14.4 Å². The van der Waals surface area contributed by atoms with E-state index in [1.54, 1.807) is 6.92 Å². The quantitative estimate of drug-likeness (QED) is 0.751. The third kappa shape index (κ3) is 3.29. The number of hydrogen-bond donors (Lipinski definition) is 2. The van der Waals surface area contributed by atoms with Crippen LogP contribution in [0, 0.1) is 23.2 Å². The highest BCUT2D eigenvalue weighted by atomic mass is 16.2. The highest BCUT2D eigenvalue weighted by Crippen LogP contribution is 2.60.